The van der Waals surface area contributed by atoms with E-state index in [1.165, 1.54) is 5.52 Å². The first-order chi connectivity index (χ1) is 22.6. The molecular weight excluding hydrogens is 584 g/mol. The van der Waals surface area contributed by atoms with Gasteiger partial charge in [-0.15, -0.1) is 0 Å². The van der Waals surface area contributed by atoms with E-state index in [2.05, 4.69) is 50.2 Å². The zero-order valence-electron chi connectivity index (χ0n) is 25.5. The molecule has 3 aromatic heterocycles. The number of aliphatic hydroxyl groups excluding tert-OH is 1. The summed E-state index contributed by atoms with van der Waals surface area (Å²) in [5, 5.41) is 14.2. The first kappa shape index (κ1) is 28.5. The molecule has 6 heterocycles. The van der Waals surface area contributed by atoms with E-state index < -0.39 is 0 Å². The minimum atomic E-state index is -0.185. The first-order valence-corrected chi connectivity index (χ1v) is 16.0. The van der Waals surface area contributed by atoms with E-state index in [1.807, 2.05) is 35.0 Å². The number of rotatable bonds is 5. The fraction of sp³-hybridized carbons (Fsp3) is 0.353. The highest BCUT2D eigenvalue weighted by Crippen LogP contribution is 2.35. The molecule has 3 aliphatic rings. The highest BCUT2D eigenvalue weighted by atomic mass is 16.5. The third-order valence-corrected chi connectivity index (χ3v) is 9.35. The SMILES string of the molecule is O=C1COc2ccc3cc2N1CCCC=CCn1c(=O)c2cnc(Nc4ccc5c(ccn5C5CCN(CCO)CC5)c4)nc2n1-3. The normalized spacial score (nSPS) is 17.5. The van der Waals surface area contributed by atoms with Crippen molar-refractivity contribution in [3.05, 3.63) is 77.4 Å². The van der Waals surface area contributed by atoms with Crippen LogP contribution in [-0.2, 0) is 11.3 Å². The van der Waals surface area contributed by atoms with Crippen LogP contribution in [0, 0.1) is 0 Å². The van der Waals surface area contributed by atoms with E-state index in [0.29, 0.717) is 53.2 Å². The number of ether oxygens (including phenoxy) is 1. The number of piperidine rings is 1. The molecule has 1 fully saturated rings. The van der Waals surface area contributed by atoms with Crippen LogP contribution in [-0.4, -0.2) is 79.2 Å². The molecule has 0 atom stereocenters. The minimum Gasteiger partial charge on any atom is -0.482 e. The van der Waals surface area contributed by atoms with Gasteiger partial charge in [0.25, 0.3) is 11.5 Å². The molecule has 236 valence electrons. The van der Waals surface area contributed by atoms with Gasteiger partial charge in [0.15, 0.2) is 12.3 Å². The molecule has 0 unspecified atom stereocenters. The van der Waals surface area contributed by atoms with Gasteiger partial charge >= 0.3 is 0 Å². The van der Waals surface area contributed by atoms with Crippen molar-refractivity contribution < 1.29 is 14.6 Å². The van der Waals surface area contributed by atoms with Crippen LogP contribution < -0.4 is 20.5 Å². The van der Waals surface area contributed by atoms with Gasteiger partial charge in [-0.25, -0.2) is 14.3 Å². The molecule has 12 heteroatoms. The van der Waals surface area contributed by atoms with Gasteiger partial charge in [0.2, 0.25) is 5.95 Å². The lowest BCUT2D eigenvalue weighted by Crippen LogP contribution is -2.39. The molecule has 0 aliphatic carbocycles. The van der Waals surface area contributed by atoms with Gasteiger partial charge in [0.1, 0.15) is 11.1 Å². The lowest BCUT2D eigenvalue weighted by Gasteiger charge is -2.32. The number of anilines is 3. The van der Waals surface area contributed by atoms with Crippen molar-refractivity contribution in [3.8, 4) is 11.4 Å². The largest absolute Gasteiger partial charge is 0.482 e. The van der Waals surface area contributed by atoms with Crippen LogP contribution in [0.2, 0.25) is 0 Å². The number of aromatic nitrogens is 5. The number of aliphatic hydroxyl groups is 1. The highest BCUT2D eigenvalue weighted by Gasteiger charge is 2.27. The second-order valence-electron chi connectivity index (χ2n) is 12.1. The number of fused-ring (bicyclic) bond motifs is 6. The quantitative estimate of drug-likeness (QED) is 0.283. The van der Waals surface area contributed by atoms with E-state index in [0.717, 1.165) is 56.4 Å². The molecule has 2 bridgehead atoms. The van der Waals surface area contributed by atoms with E-state index in [9.17, 15) is 14.7 Å². The number of carbonyl (C=O) groups is 1. The number of β-amino-alcohol motifs (C(OH)–C–C–N with tert-alkyl or cyclic N) is 1. The van der Waals surface area contributed by atoms with Crippen LogP contribution in [0.4, 0.5) is 17.3 Å². The van der Waals surface area contributed by atoms with Gasteiger partial charge in [-0.2, -0.15) is 4.98 Å². The summed E-state index contributed by atoms with van der Waals surface area (Å²) in [6.45, 7) is 3.91. The molecule has 2 N–H and O–H groups in total. The molecule has 2 aromatic carbocycles. The number of nitrogens with one attached hydrogen (secondary N) is 1. The number of likely N-dealkylation sites (tertiary alicyclic amines) is 1. The number of nitrogens with zero attached hydrogens (tertiary/aromatic N) is 7. The Bertz CT molecular complexity index is 2030. The molecule has 0 radical (unpaired) electrons. The maximum absolute atomic E-state index is 13.6. The topological polar surface area (TPSA) is 123 Å². The zero-order chi connectivity index (χ0) is 31.2. The summed E-state index contributed by atoms with van der Waals surface area (Å²) in [6, 6.07) is 14.5. The van der Waals surface area contributed by atoms with Crippen molar-refractivity contribution in [2.24, 2.45) is 0 Å². The maximum Gasteiger partial charge on any atom is 0.278 e. The highest BCUT2D eigenvalue weighted by molar-refractivity contribution is 5.98. The second-order valence-corrected chi connectivity index (χ2v) is 12.1. The van der Waals surface area contributed by atoms with E-state index in [-0.39, 0.29) is 24.7 Å². The predicted molar refractivity (Wildman–Crippen MR) is 176 cm³/mol. The Morgan fingerprint density at radius 1 is 1.02 bits per heavy atom. The molecule has 3 aliphatic heterocycles. The molecule has 0 spiro atoms. The Labute approximate surface area is 265 Å². The number of carbonyl (C=O) groups excluding carboxylic acids is 1. The summed E-state index contributed by atoms with van der Waals surface area (Å²) in [7, 11) is 0. The molecule has 8 rings (SSSR count). The standard InChI is InChI=1S/C34H36N8O4/c43-18-17-38-14-10-25(11-15-38)39-16-9-23-19-24(5-7-28(23)39)36-34-35-21-27-32(37-34)42-26-6-8-30-29(20-26)40(31(44)22-46-30)12-3-1-2-4-13-41(42)33(27)45/h2,4-9,16,19-21,25,43H,1,3,10-15,17-18,22H2,(H,35,36,37). The fourth-order valence-electron chi connectivity index (χ4n) is 6.99. The third-order valence-electron chi connectivity index (χ3n) is 9.35. The Morgan fingerprint density at radius 2 is 1.91 bits per heavy atom. The summed E-state index contributed by atoms with van der Waals surface area (Å²) in [5.74, 6) is 0.947. The zero-order valence-corrected chi connectivity index (χ0v) is 25.5. The number of allylic oxidation sites excluding steroid dienone is 2. The van der Waals surface area contributed by atoms with Crippen LogP contribution in [0.15, 0.2) is 71.8 Å². The monoisotopic (exact) mass is 620 g/mol. The van der Waals surface area contributed by atoms with Crippen LogP contribution in [0.3, 0.4) is 0 Å². The Balaban J connectivity index is 1.13. The fourth-order valence-corrected chi connectivity index (χ4v) is 6.99. The molecular formula is C34H36N8O4. The lowest BCUT2D eigenvalue weighted by atomic mass is 10.0. The van der Waals surface area contributed by atoms with Crippen LogP contribution >= 0.6 is 0 Å². The molecule has 46 heavy (non-hydrogen) atoms. The van der Waals surface area contributed by atoms with E-state index in [4.69, 9.17) is 9.72 Å². The average molecular weight is 621 g/mol. The Morgan fingerprint density at radius 3 is 2.78 bits per heavy atom. The maximum atomic E-state index is 13.6. The lowest BCUT2D eigenvalue weighted by molar-refractivity contribution is -0.121. The van der Waals surface area contributed by atoms with Crippen molar-refractivity contribution in [2.45, 2.75) is 38.3 Å². The van der Waals surface area contributed by atoms with Crippen molar-refractivity contribution in [3.63, 3.8) is 0 Å². The number of hydrogen-bond donors (Lipinski definition) is 2. The molecule has 12 nitrogen and oxygen atoms in total. The Hall–Kier alpha value is -4.94. The van der Waals surface area contributed by atoms with Gasteiger partial charge in [-0.1, -0.05) is 12.2 Å². The number of benzene rings is 2. The van der Waals surface area contributed by atoms with E-state index in [1.54, 1.807) is 15.8 Å². The van der Waals surface area contributed by atoms with Crippen LogP contribution in [0.25, 0.3) is 27.6 Å². The minimum absolute atomic E-state index is 0.0167. The van der Waals surface area contributed by atoms with Crippen LogP contribution in [0.1, 0.15) is 31.7 Å². The van der Waals surface area contributed by atoms with Gasteiger partial charge in [-0.3, -0.25) is 9.59 Å². The number of amides is 1. The van der Waals surface area contributed by atoms with Gasteiger partial charge in [0, 0.05) is 61.2 Å². The third kappa shape index (κ3) is 5.03. The molecule has 5 aromatic rings. The summed E-state index contributed by atoms with van der Waals surface area (Å²) in [4.78, 5) is 39.9. The summed E-state index contributed by atoms with van der Waals surface area (Å²) in [6.07, 6.45) is 11.5. The van der Waals surface area contributed by atoms with Crippen molar-refractivity contribution in [1.82, 2.24) is 28.8 Å². The smallest absolute Gasteiger partial charge is 0.278 e. The van der Waals surface area contributed by atoms with Gasteiger partial charge in [-0.05, 0) is 68.1 Å². The van der Waals surface area contributed by atoms with Crippen molar-refractivity contribution in [2.75, 3.05) is 49.6 Å². The predicted octanol–water partition coefficient (Wildman–Crippen LogP) is 3.99. The van der Waals surface area contributed by atoms with Crippen molar-refractivity contribution >= 4 is 45.2 Å². The number of hydrogen-bond acceptors (Lipinski definition) is 8. The summed E-state index contributed by atoms with van der Waals surface area (Å²) >= 11 is 0. The van der Waals surface area contributed by atoms with E-state index >= 15 is 0 Å². The van der Waals surface area contributed by atoms with Gasteiger partial charge < -0.3 is 29.5 Å². The Kier molecular flexibility index (Phi) is 7.30. The molecule has 0 saturated carbocycles. The second kappa shape index (κ2) is 11.8. The van der Waals surface area contributed by atoms with Crippen molar-refractivity contribution in [1.29, 1.82) is 0 Å². The van der Waals surface area contributed by atoms with Crippen LogP contribution in [0.5, 0.6) is 5.75 Å². The average Bonchev–Trinajstić information content (AvgIpc) is 3.61. The summed E-state index contributed by atoms with van der Waals surface area (Å²) in [5.41, 5.74) is 3.72. The van der Waals surface area contributed by atoms with Gasteiger partial charge in [0.05, 0.1) is 24.5 Å². The molecule has 1 saturated heterocycles. The summed E-state index contributed by atoms with van der Waals surface area (Å²) < 4.78 is 11.6. The first-order valence-electron chi connectivity index (χ1n) is 16.0. The molecule has 1 amide bonds.